The van der Waals surface area contributed by atoms with E-state index in [0.717, 1.165) is 11.6 Å². The Morgan fingerprint density at radius 3 is 2.16 bits per heavy atom. The molecule has 1 aliphatic rings. The Hall–Kier alpha value is -3.35. The minimum Gasteiger partial charge on any atom is -0.493 e. The van der Waals surface area contributed by atoms with Crippen molar-refractivity contribution in [3.8, 4) is 23.0 Å². The van der Waals surface area contributed by atoms with Gasteiger partial charge in [-0.05, 0) is 47.9 Å². The topological polar surface area (TPSA) is 142 Å². The molecule has 3 rings (SSSR count). The number of hydrogen-bond donors (Lipinski definition) is 3. The van der Waals surface area contributed by atoms with Crippen molar-refractivity contribution >= 4 is 12.0 Å². The monoisotopic (exact) mass is 534 g/mol. The molecule has 1 saturated heterocycles. The van der Waals surface area contributed by atoms with Crippen molar-refractivity contribution in [3.63, 3.8) is 0 Å². The first-order valence-electron chi connectivity index (χ1n) is 11.9. The van der Waals surface area contributed by atoms with E-state index in [4.69, 9.17) is 33.2 Å². The molecule has 2 aromatic rings. The molecule has 5 atom stereocenters. The normalized spacial score (nSPS) is 23.2. The van der Waals surface area contributed by atoms with Crippen LogP contribution in [-0.4, -0.2) is 93.6 Å². The van der Waals surface area contributed by atoms with Crippen LogP contribution in [0.1, 0.15) is 11.1 Å². The molecule has 2 aromatic carbocycles. The van der Waals surface area contributed by atoms with Crippen molar-refractivity contribution < 1.29 is 53.3 Å². The fraction of sp³-hybridized carbons (Fsp3) is 0.444. The number of methoxy groups -OCH3 is 4. The zero-order valence-corrected chi connectivity index (χ0v) is 21.7. The number of rotatable bonds is 12. The molecule has 38 heavy (non-hydrogen) atoms. The summed E-state index contributed by atoms with van der Waals surface area (Å²) >= 11 is 0. The number of aliphatic hydroxyl groups excluding tert-OH is 3. The number of carbonyl (C=O) groups is 1. The molecule has 1 aliphatic heterocycles. The van der Waals surface area contributed by atoms with E-state index >= 15 is 0 Å². The van der Waals surface area contributed by atoms with Crippen molar-refractivity contribution in [1.82, 2.24) is 0 Å². The van der Waals surface area contributed by atoms with Gasteiger partial charge in [-0.2, -0.15) is 0 Å². The van der Waals surface area contributed by atoms with E-state index < -0.39 is 43.3 Å². The molecule has 1 fully saturated rings. The average Bonchev–Trinajstić information content (AvgIpc) is 2.95. The van der Waals surface area contributed by atoms with Gasteiger partial charge in [0.1, 0.15) is 18.3 Å². The highest BCUT2D eigenvalue weighted by atomic mass is 16.7. The lowest BCUT2D eigenvalue weighted by atomic mass is 9.99. The second-order valence-electron chi connectivity index (χ2n) is 8.37. The van der Waals surface area contributed by atoms with Gasteiger partial charge < -0.3 is 48.5 Å². The van der Waals surface area contributed by atoms with Gasteiger partial charge in [0.15, 0.2) is 35.4 Å². The van der Waals surface area contributed by atoms with E-state index in [-0.39, 0.29) is 6.61 Å². The first-order valence-corrected chi connectivity index (χ1v) is 11.9. The molecule has 3 N–H and O–H groups in total. The summed E-state index contributed by atoms with van der Waals surface area (Å²) in [7, 11) is 6.10. The Bertz CT molecular complexity index is 1080. The number of hydrogen-bond acceptors (Lipinski definition) is 11. The maximum atomic E-state index is 12.4. The molecule has 0 spiro atoms. The van der Waals surface area contributed by atoms with Crippen molar-refractivity contribution in [3.05, 3.63) is 53.6 Å². The van der Waals surface area contributed by atoms with Gasteiger partial charge in [-0.15, -0.1) is 0 Å². The molecule has 0 radical (unpaired) electrons. The van der Waals surface area contributed by atoms with Crippen LogP contribution in [0, 0.1) is 0 Å². The second kappa shape index (κ2) is 14.0. The Balaban J connectivity index is 1.57. The maximum absolute atomic E-state index is 12.4. The third kappa shape index (κ3) is 7.15. The first kappa shape index (κ1) is 29.2. The molecule has 208 valence electrons. The van der Waals surface area contributed by atoms with E-state index in [1.807, 2.05) is 6.07 Å². The van der Waals surface area contributed by atoms with Crippen LogP contribution in [0.2, 0.25) is 0 Å². The van der Waals surface area contributed by atoms with Crippen LogP contribution in [0.25, 0.3) is 6.08 Å². The highest BCUT2D eigenvalue weighted by Gasteiger charge is 2.46. The molecule has 0 bridgehead atoms. The highest BCUT2D eigenvalue weighted by Crippen LogP contribution is 2.29. The molecular weight excluding hydrogens is 500 g/mol. The standard InChI is InChI=1S/C27H34O11/c1-32-18-8-5-16(13-20(18)34-3)7-10-23(29)38-26-22(15-28)37-27(25(31)24(26)30)36-12-11-17-6-9-19(33-2)21(14-17)35-4/h5-10,13-14,22,24-28,30-31H,11-12,15H2,1-4H3/b10-7+/t22-,24-,25-,26-,27-/m1/s1. The number of esters is 1. The number of ether oxygens (including phenoxy) is 7. The lowest BCUT2D eigenvalue weighted by Crippen LogP contribution is -2.60. The van der Waals surface area contributed by atoms with Crippen molar-refractivity contribution in [1.29, 1.82) is 0 Å². The molecule has 11 nitrogen and oxygen atoms in total. The smallest absolute Gasteiger partial charge is 0.331 e. The SMILES string of the molecule is COc1ccc(/C=C/C(=O)O[C@H]2[C@H](O)[C@@H](O)[C@H](OCCc3ccc(OC)c(OC)c3)O[C@@H]2CO)cc1OC. The average molecular weight is 535 g/mol. The summed E-state index contributed by atoms with van der Waals surface area (Å²) in [6.45, 7) is -0.433. The van der Waals surface area contributed by atoms with Crippen LogP contribution >= 0.6 is 0 Å². The third-order valence-corrected chi connectivity index (χ3v) is 6.01. The van der Waals surface area contributed by atoms with Gasteiger partial charge in [0, 0.05) is 6.08 Å². The van der Waals surface area contributed by atoms with Gasteiger partial charge >= 0.3 is 5.97 Å². The summed E-state index contributed by atoms with van der Waals surface area (Å²) in [5.74, 6) is 1.39. The van der Waals surface area contributed by atoms with Gasteiger partial charge in [-0.1, -0.05) is 12.1 Å². The predicted molar refractivity (Wildman–Crippen MR) is 135 cm³/mol. The van der Waals surface area contributed by atoms with Gasteiger partial charge in [0.25, 0.3) is 0 Å². The molecular formula is C27H34O11. The molecule has 1 heterocycles. The largest absolute Gasteiger partial charge is 0.493 e. The number of benzene rings is 2. The minimum absolute atomic E-state index is 0.139. The van der Waals surface area contributed by atoms with Gasteiger partial charge in [0.05, 0.1) is 41.7 Å². The molecule has 0 aliphatic carbocycles. The van der Waals surface area contributed by atoms with E-state index in [0.29, 0.717) is 35.0 Å². The van der Waals surface area contributed by atoms with Gasteiger partial charge in [-0.25, -0.2) is 4.79 Å². The van der Waals surface area contributed by atoms with E-state index in [2.05, 4.69) is 0 Å². The molecule has 0 amide bonds. The minimum atomic E-state index is -1.55. The lowest BCUT2D eigenvalue weighted by molar-refractivity contribution is -0.302. The number of aliphatic hydroxyl groups is 3. The Kier molecular flexibility index (Phi) is 10.7. The van der Waals surface area contributed by atoms with Crippen molar-refractivity contribution in [2.75, 3.05) is 41.7 Å². The maximum Gasteiger partial charge on any atom is 0.331 e. The predicted octanol–water partition coefficient (Wildman–Crippen LogP) is 1.34. The van der Waals surface area contributed by atoms with Crippen molar-refractivity contribution in [2.24, 2.45) is 0 Å². The van der Waals surface area contributed by atoms with Crippen LogP contribution in [-0.2, 0) is 25.4 Å². The Morgan fingerprint density at radius 2 is 1.53 bits per heavy atom. The summed E-state index contributed by atoms with van der Waals surface area (Å²) < 4.78 is 37.5. The molecule has 0 unspecified atom stereocenters. The van der Waals surface area contributed by atoms with E-state index in [1.54, 1.807) is 37.4 Å². The van der Waals surface area contributed by atoms with Crippen LogP contribution < -0.4 is 18.9 Å². The van der Waals surface area contributed by atoms with E-state index in [9.17, 15) is 20.1 Å². The molecule has 0 aromatic heterocycles. The van der Waals surface area contributed by atoms with Crippen LogP contribution in [0.4, 0.5) is 0 Å². The second-order valence-corrected chi connectivity index (χ2v) is 8.37. The molecule has 0 saturated carbocycles. The van der Waals surface area contributed by atoms with Gasteiger partial charge in [0.2, 0.25) is 0 Å². The third-order valence-electron chi connectivity index (χ3n) is 6.01. The zero-order chi connectivity index (χ0) is 27.7. The quantitative estimate of drug-likeness (QED) is 0.268. The number of carbonyl (C=O) groups excluding carboxylic acids is 1. The van der Waals surface area contributed by atoms with Crippen LogP contribution in [0.3, 0.4) is 0 Å². The van der Waals surface area contributed by atoms with Crippen LogP contribution in [0.15, 0.2) is 42.5 Å². The summed E-state index contributed by atoms with van der Waals surface area (Å²) in [6, 6.07) is 10.5. The summed E-state index contributed by atoms with van der Waals surface area (Å²) in [6.07, 6.45) is -3.64. The summed E-state index contributed by atoms with van der Waals surface area (Å²) in [5.41, 5.74) is 1.53. The summed E-state index contributed by atoms with van der Waals surface area (Å²) in [5, 5.41) is 31.0. The van der Waals surface area contributed by atoms with Crippen LogP contribution in [0.5, 0.6) is 23.0 Å². The van der Waals surface area contributed by atoms with E-state index in [1.165, 1.54) is 27.4 Å². The summed E-state index contributed by atoms with van der Waals surface area (Å²) in [4.78, 5) is 12.4. The first-order chi connectivity index (χ1) is 18.3. The van der Waals surface area contributed by atoms with Crippen molar-refractivity contribution in [2.45, 2.75) is 37.1 Å². The Labute approximate surface area is 221 Å². The lowest BCUT2D eigenvalue weighted by Gasteiger charge is -2.41. The zero-order valence-electron chi connectivity index (χ0n) is 21.7. The fourth-order valence-electron chi connectivity index (χ4n) is 3.96. The fourth-order valence-corrected chi connectivity index (χ4v) is 3.96. The highest BCUT2D eigenvalue weighted by molar-refractivity contribution is 5.87. The molecule has 11 heteroatoms. The van der Waals surface area contributed by atoms with Gasteiger partial charge in [-0.3, -0.25) is 0 Å². The Morgan fingerprint density at radius 1 is 0.895 bits per heavy atom.